The summed E-state index contributed by atoms with van der Waals surface area (Å²) in [5.74, 6) is 0. The molecule has 0 saturated carbocycles. The predicted octanol–water partition coefficient (Wildman–Crippen LogP) is 3.41. The average molecular weight is 358 g/mol. The van der Waals surface area contributed by atoms with E-state index >= 15 is 0 Å². The molecule has 1 aromatic heterocycles. The second-order valence-electron chi connectivity index (χ2n) is 7.00. The molecule has 0 spiro atoms. The summed E-state index contributed by atoms with van der Waals surface area (Å²) in [5, 5.41) is 10.8. The highest BCUT2D eigenvalue weighted by Gasteiger charge is 2.33. The number of aliphatic hydroxyl groups is 1. The molecule has 5 heteroatoms. The number of thioether (sulfide) groups is 1. The van der Waals surface area contributed by atoms with Crippen molar-refractivity contribution in [3.63, 3.8) is 0 Å². The Labute approximate surface area is 154 Å². The molecule has 1 fully saturated rings. The molecule has 1 aliphatic heterocycles. The molecule has 2 aromatic rings. The summed E-state index contributed by atoms with van der Waals surface area (Å²) in [4.78, 5) is 11.2. The van der Waals surface area contributed by atoms with E-state index in [9.17, 15) is 5.11 Å². The van der Waals surface area contributed by atoms with E-state index in [1.54, 1.807) is 11.8 Å². The van der Waals surface area contributed by atoms with E-state index in [2.05, 4.69) is 45.2 Å². The number of hydrogen-bond donors (Lipinski definition) is 1. The van der Waals surface area contributed by atoms with Crippen LogP contribution in [0.4, 0.5) is 0 Å². The van der Waals surface area contributed by atoms with Crippen LogP contribution in [0.5, 0.6) is 0 Å². The van der Waals surface area contributed by atoms with Crippen LogP contribution >= 0.6 is 11.8 Å². The number of piperidine rings is 1. The number of aryl methyl sites for hydroxylation is 1. The summed E-state index contributed by atoms with van der Waals surface area (Å²) in [6, 6.07) is 10.6. The number of rotatable bonds is 7. The van der Waals surface area contributed by atoms with Gasteiger partial charge in [-0.15, -0.1) is 0 Å². The van der Waals surface area contributed by atoms with Crippen molar-refractivity contribution in [2.24, 2.45) is 5.41 Å². The van der Waals surface area contributed by atoms with Crippen molar-refractivity contribution < 1.29 is 5.11 Å². The second-order valence-corrected chi connectivity index (χ2v) is 7.77. The lowest BCUT2D eigenvalue weighted by atomic mass is 9.75. The molecule has 0 amide bonds. The zero-order chi connectivity index (χ0) is 17.5. The van der Waals surface area contributed by atoms with Crippen LogP contribution in [-0.2, 0) is 13.0 Å². The first-order chi connectivity index (χ1) is 12.2. The molecule has 25 heavy (non-hydrogen) atoms. The molecule has 0 aliphatic carbocycles. The second kappa shape index (κ2) is 8.79. The third kappa shape index (κ3) is 5.03. The molecule has 0 atom stereocenters. The molecule has 1 N–H and O–H groups in total. The largest absolute Gasteiger partial charge is 0.396 e. The average Bonchev–Trinajstić information content (AvgIpc) is 2.69. The minimum absolute atomic E-state index is 0.0749. The smallest absolute Gasteiger partial charge is 0.187 e. The third-order valence-electron chi connectivity index (χ3n) is 5.31. The van der Waals surface area contributed by atoms with Gasteiger partial charge in [-0.1, -0.05) is 42.1 Å². The van der Waals surface area contributed by atoms with Gasteiger partial charge >= 0.3 is 0 Å². The number of nitrogens with zero attached hydrogens (tertiary/aromatic N) is 3. The van der Waals surface area contributed by atoms with Crippen LogP contribution in [0.1, 0.15) is 30.4 Å². The van der Waals surface area contributed by atoms with Crippen LogP contribution in [0, 0.1) is 5.41 Å². The molecule has 4 nitrogen and oxygen atoms in total. The van der Waals surface area contributed by atoms with Gasteiger partial charge < -0.3 is 5.11 Å². The zero-order valence-corrected chi connectivity index (χ0v) is 15.7. The summed E-state index contributed by atoms with van der Waals surface area (Å²) in [5.41, 5.74) is 2.60. The van der Waals surface area contributed by atoms with Crippen molar-refractivity contribution in [1.82, 2.24) is 14.9 Å². The number of benzene rings is 1. The first-order valence-electron chi connectivity index (χ1n) is 8.95. The Balaban J connectivity index is 1.51. The normalized spacial score (nSPS) is 17.5. The van der Waals surface area contributed by atoms with Gasteiger partial charge in [0.2, 0.25) is 0 Å². The molecule has 0 radical (unpaired) electrons. The van der Waals surface area contributed by atoms with Gasteiger partial charge in [-0.3, -0.25) is 4.90 Å². The zero-order valence-electron chi connectivity index (χ0n) is 14.9. The van der Waals surface area contributed by atoms with Crippen LogP contribution < -0.4 is 0 Å². The number of hydrogen-bond acceptors (Lipinski definition) is 5. The maximum Gasteiger partial charge on any atom is 0.187 e. The van der Waals surface area contributed by atoms with E-state index in [-0.39, 0.29) is 5.41 Å². The quantitative estimate of drug-likeness (QED) is 0.608. The molecular formula is C20H27N3OS. The molecule has 0 unspecified atom stereocenters. The van der Waals surface area contributed by atoms with Gasteiger partial charge in [0.05, 0.1) is 0 Å². The Bertz CT molecular complexity index is 640. The first kappa shape index (κ1) is 18.4. The lowest BCUT2D eigenvalue weighted by Gasteiger charge is -2.41. The van der Waals surface area contributed by atoms with Crippen LogP contribution in [0.2, 0.25) is 0 Å². The van der Waals surface area contributed by atoms with Gasteiger partial charge in [-0.2, -0.15) is 0 Å². The van der Waals surface area contributed by atoms with Crippen LogP contribution in [-0.4, -0.2) is 45.9 Å². The van der Waals surface area contributed by atoms with Crippen molar-refractivity contribution in [2.75, 3.05) is 26.0 Å². The first-order valence-corrected chi connectivity index (χ1v) is 10.2. The van der Waals surface area contributed by atoms with Crippen molar-refractivity contribution in [3.05, 3.63) is 53.9 Å². The van der Waals surface area contributed by atoms with Gasteiger partial charge in [0.1, 0.15) is 0 Å². The Morgan fingerprint density at radius 2 is 1.76 bits per heavy atom. The SMILES string of the molecule is CSc1ncc(CN2CCC(CO)(CCc3ccccc3)CC2)cn1. The minimum Gasteiger partial charge on any atom is -0.396 e. The summed E-state index contributed by atoms with van der Waals surface area (Å²) in [6.45, 7) is 3.24. The molecule has 1 saturated heterocycles. The maximum absolute atomic E-state index is 10.0. The van der Waals surface area contributed by atoms with Gasteiger partial charge in [-0.25, -0.2) is 9.97 Å². The Hall–Kier alpha value is -1.43. The lowest BCUT2D eigenvalue weighted by molar-refractivity contribution is 0.0346. The fraction of sp³-hybridized carbons (Fsp3) is 0.500. The molecule has 3 rings (SSSR count). The van der Waals surface area contributed by atoms with E-state index in [0.29, 0.717) is 6.61 Å². The fourth-order valence-electron chi connectivity index (χ4n) is 3.52. The fourth-order valence-corrected chi connectivity index (χ4v) is 3.83. The van der Waals surface area contributed by atoms with Gasteiger partial charge in [0, 0.05) is 31.1 Å². The molecule has 134 valence electrons. The number of aromatic nitrogens is 2. The number of aliphatic hydroxyl groups excluding tert-OH is 1. The van der Waals surface area contributed by atoms with E-state index in [4.69, 9.17) is 0 Å². The highest BCUT2D eigenvalue weighted by atomic mass is 32.2. The summed E-state index contributed by atoms with van der Waals surface area (Å²) in [7, 11) is 0. The van der Waals surface area contributed by atoms with Gasteiger partial charge in [0.25, 0.3) is 0 Å². The molecular weight excluding hydrogens is 330 g/mol. The Morgan fingerprint density at radius 1 is 1.08 bits per heavy atom. The van der Waals surface area contributed by atoms with Crippen molar-refractivity contribution in [1.29, 1.82) is 0 Å². The Morgan fingerprint density at radius 3 is 2.36 bits per heavy atom. The van der Waals surface area contributed by atoms with E-state index in [1.165, 1.54) is 11.1 Å². The Kier molecular flexibility index (Phi) is 6.45. The highest BCUT2D eigenvalue weighted by molar-refractivity contribution is 7.98. The minimum atomic E-state index is 0.0749. The molecule has 2 heterocycles. The van der Waals surface area contributed by atoms with Crippen molar-refractivity contribution in [2.45, 2.75) is 37.4 Å². The van der Waals surface area contributed by atoms with E-state index in [0.717, 1.165) is 50.5 Å². The summed E-state index contributed by atoms with van der Waals surface area (Å²) >= 11 is 1.57. The predicted molar refractivity (Wildman–Crippen MR) is 103 cm³/mol. The van der Waals surface area contributed by atoms with Crippen molar-refractivity contribution >= 4 is 11.8 Å². The standard InChI is InChI=1S/C20H27N3OS/c1-25-19-21-13-18(14-22-19)15-23-11-9-20(16-24,10-12-23)8-7-17-5-3-2-4-6-17/h2-6,13-14,24H,7-12,15-16H2,1H3. The molecule has 0 bridgehead atoms. The van der Waals surface area contributed by atoms with Crippen LogP contribution in [0.15, 0.2) is 47.9 Å². The summed E-state index contributed by atoms with van der Waals surface area (Å²) in [6.07, 6.45) is 10.1. The van der Waals surface area contributed by atoms with E-state index in [1.807, 2.05) is 18.6 Å². The topological polar surface area (TPSA) is 49.2 Å². The lowest BCUT2D eigenvalue weighted by Crippen LogP contribution is -2.42. The number of likely N-dealkylation sites (tertiary alicyclic amines) is 1. The van der Waals surface area contributed by atoms with Crippen LogP contribution in [0.3, 0.4) is 0 Å². The summed E-state index contributed by atoms with van der Waals surface area (Å²) < 4.78 is 0. The van der Waals surface area contributed by atoms with E-state index < -0.39 is 0 Å². The van der Waals surface area contributed by atoms with Crippen LogP contribution in [0.25, 0.3) is 0 Å². The van der Waals surface area contributed by atoms with Gasteiger partial charge in [-0.05, 0) is 56.0 Å². The molecule has 1 aliphatic rings. The molecule has 1 aromatic carbocycles. The van der Waals surface area contributed by atoms with Crippen molar-refractivity contribution in [3.8, 4) is 0 Å². The monoisotopic (exact) mass is 357 g/mol. The third-order valence-corrected chi connectivity index (χ3v) is 5.89. The highest BCUT2D eigenvalue weighted by Crippen LogP contribution is 2.36. The maximum atomic E-state index is 10.0. The van der Waals surface area contributed by atoms with Gasteiger partial charge in [0.15, 0.2) is 5.16 Å².